The molecule has 0 aliphatic heterocycles. The zero-order valence-corrected chi connectivity index (χ0v) is 9.50. The standard InChI is InChI=1S/C7H6BrClN4O/c1-14-4-5(9)12-7-3(8)2-11-13(7)6(4)10/h2H,10H2,1H3. The molecular weight excluding hydrogens is 271 g/mol. The van der Waals surface area contributed by atoms with E-state index in [1.165, 1.54) is 11.6 Å². The Morgan fingerprint density at radius 1 is 1.64 bits per heavy atom. The van der Waals surface area contributed by atoms with Crippen molar-refractivity contribution in [2.24, 2.45) is 0 Å². The van der Waals surface area contributed by atoms with E-state index in [2.05, 4.69) is 26.0 Å². The summed E-state index contributed by atoms with van der Waals surface area (Å²) < 4.78 is 7.18. The highest BCUT2D eigenvalue weighted by molar-refractivity contribution is 9.10. The van der Waals surface area contributed by atoms with Crippen LogP contribution < -0.4 is 10.5 Å². The van der Waals surface area contributed by atoms with Crippen LogP contribution in [0.4, 0.5) is 5.82 Å². The van der Waals surface area contributed by atoms with Gasteiger partial charge in [0.05, 0.1) is 17.8 Å². The Bertz CT molecular complexity index is 498. The summed E-state index contributed by atoms with van der Waals surface area (Å²) in [5.74, 6) is 0.656. The Morgan fingerprint density at radius 2 is 2.36 bits per heavy atom. The Morgan fingerprint density at radius 3 is 3.00 bits per heavy atom. The van der Waals surface area contributed by atoms with Gasteiger partial charge in [-0.25, -0.2) is 4.98 Å². The summed E-state index contributed by atoms with van der Waals surface area (Å²) in [6.45, 7) is 0. The van der Waals surface area contributed by atoms with E-state index >= 15 is 0 Å². The lowest BCUT2D eigenvalue weighted by Gasteiger charge is -2.06. The summed E-state index contributed by atoms with van der Waals surface area (Å²) in [6, 6.07) is 0. The highest BCUT2D eigenvalue weighted by Gasteiger charge is 2.14. The Hall–Kier alpha value is -1.01. The van der Waals surface area contributed by atoms with Crippen molar-refractivity contribution >= 4 is 39.0 Å². The zero-order valence-electron chi connectivity index (χ0n) is 7.16. The predicted molar refractivity (Wildman–Crippen MR) is 56.7 cm³/mol. The molecule has 0 bridgehead atoms. The minimum Gasteiger partial charge on any atom is -0.490 e. The van der Waals surface area contributed by atoms with Gasteiger partial charge >= 0.3 is 0 Å². The number of nitrogens with two attached hydrogens (primary N) is 1. The number of methoxy groups -OCH3 is 1. The molecular formula is C7H6BrClN4O. The van der Waals surface area contributed by atoms with Crippen LogP contribution in [0.25, 0.3) is 5.65 Å². The first-order valence-electron chi connectivity index (χ1n) is 3.67. The molecule has 7 heteroatoms. The number of nitrogens with zero attached hydrogens (tertiary/aromatic N) is 3. The summed E-state index contributed by atoms with van der Waals surface area (Å²) in [7, 11) is 1.48. The van der Waals surface area contributed by atoms with Gasteiger partial charge in [0.1, 0.15) is 0 Å². The van der Waals surface area contributed by atoms with E-state index in [1.54, 1.807) is 6.20 Å². The largest absolute Gasteiger partial charge is 0.490 e. The first kappa shape index (κ1) is 9.54. The molecule has 2 aromatic heterocycles. The van der Waals surface area contributed by atoms with Crippen molar-refractivity contribution in [2.75, 3.05) is 12.8 Å². The van der Waals surface area contributed by atoms with Crippen molar-refractivity contribution in [1.29, 1.82) is 0 Å². The minimum atomic E-state index is 0.221. The van der Waals surface area contributed by atoms with Crippen LogP contribution in [0.1, 0.15) is 0 Å². The summed E-state index contributed by atoms with van der Waals surface area (Å²) in [4.78, 5) is 4.08. The molecule has 2 rings (SSSR count). The third-order valence-electron chi connectivity index (χ3n) is 1.76. The maximum atomic E-state index is 5.86. The second kappa shape index (κ2) is 3.29. The van der Waals surface area contributed by atoms with Crippen LogP contribution >= 0.6 is 27.5 Å². The number of hydrogen-bond acceptors (Lipinski definition) is 4. The summed E-state index contributed by atoms with van der Waals surface area (Å²) >= 11 is 9.14. The summed E-state index contributed by atoms with van der Waals surface area (Å²) in [5.41, 5.74) is 6.34. The molecule has 0 aliphatic carbocycles. The van der Waals surface area contributed by atoms with Gasteiger partial charge in [-0.1, -0.05) is 11.6 Å². The third-order valence-corrected chi connectivity index (χ3v) is 2.57. The van der Waals surface area contributed by atoms with E-state index in [1.807, 2.05) is 0 Å². The van der Waals surface area contributed by atoms with Crippen LogP contribution in [0.3, 0.4) is 0 Å². The monoisotopic (exact) mass is 276 g/mol. The zero-order chi connectivity index (χ0) is 10.3. The molecule has 0 atom stereocenters. The van der Waals surface area contributed by atoms with Gasteiger partial charge in [0.2, 0.25) is 0 Å². The van der Waals surface area contributed by atoms with Crippen LogP contribution in [0, 0.1) is 0 Å². The molecule has 0 spiro atoms. The van der Waals surface area contributed by atoms with E-state index in [9.17, 15) is 0 Å². The second-order valence-corrected chi connectivity index (χ2v) is 3.76. The molecule has 2 aromatic rings. The van der Waals surface area contributed by atoms with E-state index in [4.69, 9.17) is 22.1 Å². The molecule has 0 saturated heterocycles. The highest BCUT2D eigenvalue weighted by atomic mass is 79.9. The molecule has 2 N–H and O–H groups in total. The first-order valence-corrected chi connectivity index (χ1v) is 4.84. The molecule has 5 nitrogen and oxygen atoms in total. The van der Waals surface area contributed by atoms with Gasteiger partial charge in [-0.3, -0.25) is 0 Å². The van der Waals surface area contributed by atoms with Gasteiger partial charge in [0, 0.05) is 0 Å². The van der Waals surface area contributed by atoms with Crippen molar-refractivity contribution in [3.05, 3.63) is 15.8 Å². The topological polar surface area (TPSA) is 65.4 Å². The maximum Gasteiger partial charge on any atom is 0.198 e. The second-order valence-electron chi connectivity index (χ2n) is 2.55. The van der Waals surface area contributed by atoms with Crippen LogP contribution in [0.2, 0.25) is 5.15 Å². The lowest BCUT2D eigenvalue weighted by atomic mass is 10.5. The van der Waals surface area contributed by atoms with Crippen molar-refractivity contribution in [1.82, 2.24) is 14.6 Å². The fourth-order valence-electron chi connectivity index (χ4n) is 1.13. The number of rotatable bonds is 1. The summed E-state index contributed by atoms with van der Waals surface area (Å²) in [6.07, 6.45) is 1.59. The Balaban J connectivity index is 2.87. The van der Waals surface area contributed by atoms with E-state index < -0.39 is 0 Å². The maximum absolute atomic E-state index is 5.86. The molecule has 0 amide bonds. The van der Waals surface area contributed by atoms with Gasteiger partial charge in [-0.05, 0) is 15.9 Å². The number of aromatic nitrogens is 3. The van der Waals surface area contributed by atoms with Crippen LogP contribution in [-0.2, 0) is 0 Å². The van der Waals surface area contributed by atoms with E-state index in [-0.39, 0.29) is 5.15 Å². The average Bonchev–Trinajstić information content (AvgIpc) is 2.49. The molecule has 0 aliphatic rings. The Kier molecular flexibility index (Phi) is 2.24. The van der Waals surface area contributed by atoms with E-state index in [0.29, 0.717) is 17.2 Å². The van der Waals surface area contributed by atoms with Gasteiger partial charge in [0.25, 0.3) is 0 Å². The number of ether oxygens (including phenoxy) is 1. The lowest BCUT2D eigenvalue weighted by molar-refractivity contribution is 0.412. The predicted octanol–water partition coefficient (Wildman–Crippen LogP) is 1.74. The fraction of sp³-hybridized carbons (Fsp3) is 0.143. The Labute approximate surface area is 92.9 Å². The number of nitrogen functional groups attached to an aromatic ring is 1. The number of anilines is 1. The molecule has 0 fully saturated rings. The quantitative estimate of drug-likeness (QED) is 0.806. The van der Waals surface area contributed by atoms with E-state index in [0.717, 1.165) is 4.47 Å². The minimum absolute atomic E-state index is 0.221. The molecule has 0 saturated carbocycles. The van der Waals surface area contributed by atoms with Crippen LogP contribution in [0.15, 0.2) is 10.7 Å². The number of fused-ring (bicyclic) bond motifs is 1. The van der Waals surface area contributed by atoms with Crippen LogP contribution in [0.5, 0.6) is 5.75 Å². The fourth-order valence-corrected chi connectivity index (χ4v) is 1.74. The highest BCUT2D eigenvalue weighted by Crippen LogP contribution is 2.31. The first-order chi connectivity index (χ1) is 6.65. The molecule has 14 heavy (non-hydrogen) atoms. The lowest BCUT2D eigenvalue weighted by Crippen LogP contribution is -2.04. The molecule has 0 radical (unpaired) electrons. The molecule has 74 valence electrons. The summed E-state index contributed by atoms with van der Waals surface area (Å²) in [5, 5.41) is 4.23. The molecule has 2 heterocycles. The van der Waals surface area contributed by atoms with Crippen molar-refractivity contribution < 1.29 is 4.74 Å². The van der Waals surface area contributed by atoms with Crippen molar-refractivity contribution in [2.45, 2.75) is 0 Å². The smallest absolute Gasteiger partial charge is 0.198 e. The van der Waals surface area contributed by atoms with Crippen molar-refractivity contribution in [3.8, 4) is 5.75 Å². The van der Waals surface area contributed by atoms with Gasteiger partial charge in [0.15, 0.2) is 22.4 Å². The van der Waals surface area contributed by atoms with Gasteiger partial charge < -0.3 is 10.5 Å². The van der Waals surface area contributed by atoms with Crippen LogP contribution in [-0.4, -0.2) is 21.7 Å². The molecule has 0 aromatic carbocycles. The number of halogens is 2. The van der Waals surface area contributed by atoms with Crippen molar-refractivity contribution in [3.63, 3.8) is 0 Å². The molecule has 0 unspecified atom stereocenters. The van der Waals surface area contributed by atoms with Gasteiger partial charge in [-0.15, -0.1) is 0 Å². The average molecular weight is 278 g/mol. The SMILES string of the molecule is COc1c(Cl)nc2c(Br)cnn2c1N. The van der Waals surface area contributed by atoms with Gasteiger partial charge in [-0.2, -0.15) is 9.61 Å². The number of hydrogen-bond donors (Lipinski definition) is 1. The normalized spacial score (nSPS) is 10.8. The third kappa shape index (κ3) is 1.22.